The molecule has 1 atom stereocenters. The van der Waals surface area contributed by atoms with Crippen LogP contribution in [0.5, 0.6) is 11.5 Å². The molecule has 4 nitrogen and oxygen atoms in total. The van der Waals surface area contributed by atoms with Crippen LogP contribution in [0.25, 0.3) is 5.57 Å². The van der Waals surface area contributed by atoms with Gasteiger partial charge in [-0.05, 0) is 37.5 Å². The lowest BCUT2D eigenvalue weighted by Gasteiger charge is -2.34. The Bertz CT molecular complexity index is 603. The second-order valence-electron chi connectivity index (χ2n) is 5.95. The first kappa shape index (κ1) is 12.7. The number of hydrogen-bond acceptors (Lipinski definition) is 4. The highest BCUT2D eigenvalue weighted by Gasteiger charge is 2.26. The van der Waals surface area contributed by atoms with E-state index in [-0.39, 0.29) is 6.17 Å². The molecule has 0 saturated heterocycles. The maximum atomic E-state index is 5.47. The first-order valence-corrected chi connectivity index (χ1v) is 7.74. The fraction of sp³-hybridized carbons (Fsp3) is 0.471. The molecule has 4 rings (SSSR count). The summed E-state index contributed by atoms with van der Waals surface area (Å²) in [4.78, 5) is 7.09. The number of hydrogen-bond donors (Lipinski definition) is 0. The van der Waals surface area contributed by atoms with E-state index in [0.29, 0.717) is 12.8 Å². The van der Waals surface area contributed by atoms with E-state index in [1.54, 1.807) is 0 Å². The van der Waals surface area contributed by atoms with E-state index >= 15 is 0 Å². The van der Waals surface area contributed by atoms with Gasteiger partial charge in [0.15, 0.2) is 11.5 Å². The van der Waals surface area contributed by atoms with Gasteiger partial charge in [-0.25, -0.2) is 0 Å². The van der Waals surface area contributed by atoms with Crippen molar-refractivity contribution in [3.8, 4) is 11.5 Å². The molecule has 4 heteroatoms. The van der Waals surface area contributed by atoms with Crippen molar-refractivity contribution in [1.29, 1.82) is 0 Å². The fourth-order valence-corrected chi connectivity index (χ4v) is 3.41. The van der Waals surface area contributed by atoms with Gasteiger partial charge < -0.3 is 14.4 Å². The van der Waals surface area contributed by atoms with Gasteiger partial charge in [-0.15, -0.1) is 0 Å². The van der Waals surface area contributed by atoms with E-state index in [9.17, 15) is 0 Å². The lowest BCUT2D eigenvalue weighted by atomic mass is 10.0. The summed E-state index contributed by atoms with van der Waals surface area (Å²) >= 11 is 0. The van der Waals surface area contributed by atoms with Crippen molar-refractivity contribution in [2.75, 3.05) is 6.79 Å². The summed E-state index contributed by atoms with van der Waals surface area (Å²) in [6.45, 7) is 2.49. The van der Waals surface area contributed by atoms with Crippen LogP contribution in [-0.4, -0.2) is 30.1 Å². The number of rotatable bonds is 2. The third-order valence-corrected chi connectivity index (χ3v) is 4.60. The minimum atomic E-state index is 0.242. The number of ether oxygens (including phenoxy) is 2. The first-order valence-electron chi connectivity index (χ1n) is 7.74. The van der Waals surface area contributed by atoms with Crippen LogP contribution in [0, 0.1) is 0 Å². The van der Waals surface area contributed by atoms with Gasteiger partial charge in [-0.1, -0.05) is 18.9 Å². The lowest BCUT2D eigenvalue weighted by molar-refractivity contribution is 0.174. The molecule has 0 aromatic heterocycles. The molecule has 1 aliphatic carbocycles. The van der Waals surface area contributed by atoms with Crippen LogP contribution in [0.2, 0.25) is 0 Å². The highest BCUT2D eigenvalue weighted by Crippen LogP contribution is 2.35. The molecule has 2 heterocycles. The van der Waals surface area contributed by atoms with Gasteiger partial charge in [0, 0.05) is 24.0 Å². The largest absolute Gasteiger partial charge is 0.454 e. The molecule has 0 spiro atoms. The van der Waals surface area contributed by atoms with E-state index in [1.165, 1.54) is 25.7 Å². The predicted octanol–water partition coefficient (Wildman–Crippen LogP) is 3.43. The number of fused-ring (bicyclic) bond motifs is 1. The van der Waals surface area contributed by atoms with Gasteiger partial charge >= 0.3 is 0 Å². The second kappa shape index (κ2) is 5.10. The van der Waals surface area contributed by atoms with Crippen LogP contribution >= 0.6 is 0 Å². The minimum absolute atomic E-state index is 0.242. The number of allylic oxidation sites excluding steroid dienone is 1. The number of benzene rings is 1. The van der Waals surface area contributed by atoms with E-state index in [0.717, 1.165) is 22.6 Å². The summed E-state index contributed by atoms with van der Waals surface area (Å²) in [7, 11) is 0. The average Bonchev–Trinajstić information content (AvgIpc) is 3.18. The predicted molar refractivity (Wildman–Crippen MR) is 82.6 cm³/mol. The molecule has 1 aromatic carbocycles. The first-order chi connectivity index (χ1) is 10.3. The monoisotopic (exact) mass is 284 g/mol. The van der Waals surface area contributed by atoms with E-state index < -0.39 is 0 Å². The molecule has 1 unspecified atom stereocenters. The Kier molecular flexibility index (Phi) is 3.09. The van der Waals surface area contributed by atoms with Crippen molar-refractivity contribution >= 4 is 11.8 Å². The fourth-order valence-electron chi connectivity index (χ4n) is 3.41. The lowest BCUT2D eigenvalue weighted by Crippen LogP contribution is -2.37. The van der Waals surface area contributed by atoms with Crippen molar-refractivity contribution in [3.05, 3.63) is 30.0 Å². The van der Waals surface area contributed by atoms with Gasteiger partial charge in [0.1, 0.15) is 6.17 Å². The Morgan fingerprint density at radius 2 is 1.95 bits per heavy atom. The normalized spacial score (nSPS) is 24.5. The maximum absolute atomic E-state index is 5.47. The molecule has 110 valence electrons. The molecule has 0 radical (unpaired) electrons. The molecular weight excluding hydrogens is 264 g/mol. The summed E-state index contributed by atoms with van der Waals surface area (Å²) in [5.41, 5.74) is 2.29. The summed E-state index contributed by atoms with van der Waals surface area (Å²) in [6, 6.07) is 6.74. The van der Waals surface area contributed by atoms with Crippen LogP contribution in [0.1, 0.15) is 38.2 Å². The zero-order valence-electron chi connectivity index (χ0n) is 12.3. The zero-order chi connectivity index (χ0) is 14.2. The molecule has 0 N–H and O–H groups in total. The number of nitrogens with zero attached hydrogens (tertiary/aromatic N) is 2. The SMILES string of the molecule is CC1N=CC(c2ccc3c(c2)OCO3)=CN1C1CCCC1. The van der Waals surface area contributed by atoms with Crippen LogP contribution in [-0.2, 0) is 0 Å². The molecule has 1 fully saturated rings. The van der Waals surface area contributed by atoms with Crippen molar-refractivity contribution in [3.63, 3.8) is 0 Å². The third kappa shape index (κ3) is 2.28. The Balaban J connectivity index is 1.64. The van der Waals surface area contributed by atoms with Gasteiger partial charge in [-0.3, -0.25) is 4.99 Å². The Hall–Kier alpha value is -1.97. The summed E-state index contributed by atoms with van der Waals surface area (Å²) in [5.74, 6) is 1.65. The standard InChI is InChI=1S/C17H20N2O2/c1-12-18-9-14(10-19(12)15-4-2-3-5-15)13-6-7-16-17(8-13)21-11-20-16/h6-10,12,15H,2-5,11H2,1H3. The highest BCUT2D eigenvalue weighted by atomic mass is 16.7. The summed E-state index contributed by atoms with van der Waals surface area (Å²) < 4.78 is 10.8. The molecule has 3 aliphatic rings. The molecule has 2 aliphatic heterocycles. The zero-order valence-corrected chi connectivity index (χ0v) is 12.3. The van der Waals surface area contributed by atoms with Crippen molar-refractivity contribution < 1.29 is 9.47 Å². The molecule has 21 heavy (non-hydrogen) atoms. The molecule has 1 aromatic rings. The Morgan fingerprint density at radius 3 is 2.81 bits per heavy atom. The third-order valence-electron chi connectivity index (χ3n) is 4.60. The van der Waals surface area contributed by atoms with Crippen LogP contribution in [0.15, 0.2) is 29.4 Å². The van der Waals surface area contributed by atoms with Crippen LogP contribution < -0.4 is 9.47 Å². The van der Waals surface area contributed by atoms with Crippen molar-refractivity contribution in [2.45, 2.75) is 44.8 Å². The van der Waals surface area contributed by atoms with Crippen LogP contribution in [0.3, 0.4) is 0 Å². The Morgan fingerprint density at radius 1 is 1.14 bits per heavy atom. The quantitative estimate of drug-likeness (QED) is 0.834. The molecule has 0 amide bonds. The highest BCUT2D eigenvalue weighted by molar-refractivity contribution is 6.10. The second-order valence-corrected chi connectivity index (χ2v) is 5.95. The maximum Gasteiger partial charge on any atom is 0.231 e. The topological polar surface area (TPSA) is 34.1 Å². The van der Waals surface area contributed by atoms with Gasteiger partial charge in [0.25, 0.3) is 0 Å². The Labute approximate surface area is 125 Å². The minimum Gasteiger partial charge on any atom is -0.454 e. The summed E-state index contributed by atoms with van der Waals surface area (Å²) in [6.07, 6.45) is 9.73. The number of aliphatic imine (C=N–C) groups is 1. The molecular formula is C17H20N2O2. The summed E-state index contributed by atoms with van der Waals surface area (Å²) in [5, 5.41) is 0. The van der Waals surface area contributed by atoms with E-state index in [1.807, 2.05) is 18.3 Å². The van der Waals surface area contributed by atoms with Crippen LogP contribution in [0.4, 0.5) is 0 Å². The average molecular weight is 284 g/mol. The smallest absolute Gasteiger partial charge is 0.231 e. The van der Waals surface area contributed by atoms with Gasteiger partial charge in [0.05, 0.1) is 0 Å². The molecule has 1 saturated carbocycles. The van der Waals surface area contributed by atoms with E-state index in [2.05, 4.69) is 29.1 Å². The van der Waals surface area contributed by atoms with Crippen molar-refractivity contribution in [1.82, 2.24) is 4.90 Å². The molecule has 0 bridgehead atoms. The van der Waals surface area contributed by atoms with Gasteiger partial charge in [0.2, 0.25) is 6.79 Å². The van der Waals surface area contributed by atoms with Crippen molar-refractivity contribution in [2.24, 2.45) is 4.99 Å². The van der Waals surface area contributed by atoms with E-state index in [4.69, 9.17) is 9.47 Å². The van der Waals surface area contributed by atoms with Gasteiger partial charge in [-0.2, -0.15) is 0 Å².